The minimum Gasteiger partial charge on any atom is -0.312 e. The highest BCUT2D eigenvalue weighted by atomic mass is 35.5. The van der Waals surface area contributed by atoms with Crippen LogP contribution in [0.1, 0.15) is 30.9 Å². The highest BCUT2D eigenvalue weighted by molar-refractivity contribution is 7.99. The molecule has 0 aliphatic carbocycles. The molecule has 2 aromatic rings. The van der Waals surface area contributed by atoms with Crippen LogP contribution in [0.5, 0.6) is 0 Å². The fourth-order valence-electron chi connectivity index (χ4n) is 3.47. The van der Waals surface area contributed by atoms with Gasteiger partial charge in [0.25, 0.3) is 0 Å². The van der Waals surface area contributed by atoms with E-state index in [0.29, 0.717) is 24.4 Å². The van der Waals surface area contributed by atoms with Crippen LogP contribution in [0.2, 0.25) is 5.02 Å². The Morgan fingerprint density at radius 3 is 2.63 bits per heavy atom. The third-order valence-electron chi connectivity index (χ3n) is 4.84. The number of thioether (sulfide) groups is 1. The lowest BCUT2D eigenvalue weighted by molar-refractivity contribution is -0.117. The summed E-state index contributed by atoms with van der Waals surface area (Å²) in [6, 6.07) is 11.8. The number of hydrogen-bond acceptors (Lipinski definition) is 4. The summed E-state index contributed by atoms with van der Waals surface area (Å²) in [7, 11) is -3.68. The number of amides is 1. The molecule has 2 aromatic carbocycles. The molecular formula is C19H19ClN2O3S2. The van der Waals surface area contributed by atoms with E-state index in [9.17, 15) is 13.2 Å². The summed E-state index contributed by atoms with van der Waals surface area (Å²) in [6.45, 7) is 0.681. The summed E-state index contributed by atoms with van der Waals surface area (Å²) < 4.78 is 28.5. The summed E-state index contributed by atoms with van der Waals surface area (Å²) in [5.41, 5.74) is 1.66. The van der Waals surface area contributed by atoms with Crippen molar-refractivity contribution in [2.75, 3.05) is 17.2 Å². The largest absolute Gasteiger partial charge is 0.312 e. The Balaban J connectivity index is 1.56. The predicted molar refractivity (Wildman–Crippen MR) is 108 cm³/mol. The predicted octanol–water partition coefficient (Wildman–Crippen LogP) is 3.98. The van der Waals surface area contributed by atoms with Crippen LogP contribution in [0.4, 0.5) is 5.69 Å². The van der Waals surface area contributed by atoms with Crippen LogP contribution in [-0.2, 0) is 14.8 Å². The van der Waals surface area contributed by atoms with Gasteiger partial charge in [0, 0.05) is 34.6 Å². The average molecular weight is 423 g/mol. The maximum Gasteiger partial charge on any atom is 0.241 e. The van der Waals surface area contributed by atoms with E-state index < -0.39 is 10.0 Å². The van der Waals surface area contributed by atoms with E-state index in [1.165, 1.54) is 0 Å². The van der Waals surface area contributed by atoms with Crippen molar-refractivity contribution in [1.29, 1.82) is 0 Å². The number of fused-ring (bicyclic) bond motifs is 1. The maximum atomic E-state index is 12.9. The Bertz CT molecular complexity index is 977. The van der Waals surface area contributed by atoms with Gasteiger partial charge in [0.1, 0.15) is 0 Å². The number of nitrogens with zero attached hydrogens (tertiary/aromatic N) is 1. The van der Waals surface area contributed by atoms with Crippen LogP contribution in [0, 0.1) is 0 Å². The first-order valence-corrected chi connectivity index (χ1v) is 11.6. The van der Waals surface area contributed by atoms with Gasteiger partial charge in [-0.25, -0.2) is 13.1 Å². The maximum absolute atomic E-state index is 12.9. The Morgan fingerprint density at radius 2 is 1.93 bits per heavy atom. The van der Waals surface area contributed by atoms with E-state index in [1.54, 1.807) is 40.9 Å². The van der Waals surface area contributed by atoms with E-state index in [1.807, 2.05) is 18.2 Å². The van der Waals surface area contributed by atoms with E-state index in [4.69, 9.17) is 11.6 Å². The zero-order chi connectivity index (χ0) is 19.0. The molecule has 0 aromatic heterocycles. The fraction of sp³-hybridized carbons (Fsp3) is 0.316. The van der Waals surface area contributed by atoms with Crippen molar-refractivity contribution in [1.82, 2.24) is 4.72 Å². The number of carbonyl (C=O) groups is 1. The Labute approximate surface area is 168 Å². The van der Waals surface area contributed by atoms with Gasteiger partial charge in [-0.1, -0.05) is 11.6 Å². The summed E-state index contributed by atoms with van der Waals surface area (Å²) in [5, 5.41) is 0.597. The van der Waals surface area contributed by atoms with E-state index in [-0.39, 0.29) is 16.8 Å². The van der Waals surface area contributed by atoms with Crippen LogP contribution in [0.3, 0.4) is 0 Å². The van der Waals surface area contributed by atoms with Crippen LogP contribution < -0.4 is 9.62 Å². The standard InChI is InChI=1S/C19H19ClN2O3S2/c20-13-3-8-18-16(12-13)17(9-11-26-18)21-27(24,25)15-6-4-14(5-7-15)22-10-1-2-19(22)23/h3-8,12,17,21H,1-2,9-11H2/t17-/m1/s1. The molecule has 1 N–H and O–H groups in total. The molecule has 4 rings (SSSR count). The number of benzene rings is 2. The van der Waals surface area contributed by atoms with Crippen LogP contribution in [-0.4, -0.2) is 26.6 Å². The summed E-state index contributed by atoms with van der Waals surface area (Å²) in [6.07, 6.45) is 2.09. The molecule has 0 bridgehead atoms. The highest BCUT2D eigenvalue weighted by Gasteiger charge is 2.27. The zero-order valence-electron chi connectivity index (χ0n) is 14.5. The summed E-state index contributed by atoms with van der Waals surface area (Å²) >= 11 is 7.81. The molecule has 8 heteroatoms. The number of carbonyl (C=O) groups excluding carboxylic acids is 1. The van der Waals surface area contributed by atoms with Crippen molar-refractivity contribution in [2.24, 2.45) is 0 Å². The van der Waals surface area contributed by atoms with Gasteiger partial charge in [-0.05, 0) is 66.6 Å². The molecule has 0 radical (unpaired) electrons. The molecule has 142 valence electrons. The highest BCUT2D eigenvalue weighted by Crippen LogP contribution is 2.38. The number of rotatable bonds is 4. The second-order valence-electron chi connectivity index (χ2n) is 6.64. The second-order valence-corrected chi connectivity index (χ2v) is 9.92. The number of nitrogens with one attached hydrogen (secondary N) is 1. The van der Waals surface area contributed by atoms with Gasteiger partial charge in [0.05, 0.1) is 4.90 Å². The van der Waals surface area contributed by atoms with Gasteiger partial charge < -0.3 is 4.90 Å². The lowest BCUT2D eigenvalue weighted by atomic mass is 10.1. The molecule has 0 unspecified atom stereocenters. The zero-order valence-corrected chi connectivity index (χ0v) is 16.9. The molecule has 1 amide bonds. The lowest BCUT2D eigenvalue weighted by Crippen LogP contribution is -2.31. The lowest BCUT2D eigenvalue weighted by Gasteiger charge is -2.26. The number of anilines is 1. The molecule has 5 nitrogen and oxygen atoms in total. The monoisotopic (exact) mass is 422 g/mol. The average Bonchev–Trinajstić information content (AvgIpc) is 3.08. The second kappa shape index (κ2) is 7.47. The Kier molecular flexibility index (Phi) is 5.20. The number of hydrogen-bond donors (Lipinski definition) is 1. The van der Waals surface area contributed by atoms with Gasteiger partial charge >= 0.3 is 0 Å². The molecule has 0 saturated carbocycles. The summed E-state index contributed by atoms with van der Waals surface area (Å²) in [4.78, 5) is 14.8. The smallest absolute Gasteiger partial charge is 0.241 e. The van der Waals surface area contributed by atoms with Crippen molar-refractivity contribution < 1.29 is 13.2 Å². The molecule has 1 atom stereocenters. The molecule has 1 saturated heterocycles. The molecule has 2 aliphatic rings. The van der Waals surface area contributed by atoms with Crippen molar-refractivity contribution in [3.8, 4) is 0 Å². The van der Waals surface area contributed by atoms with Gasteiger partial charge in [-0.2, -0.15) is 0 Å². The van der Waals surface area contributed by atoms with E-state index in [2.05, 4.69) is 4.72 Å². The number of halogens is 1. The number of sulfonamides is 1. The summed E-state index contributed by atoms with van der Waals surface area (Å²) in [5.74, 6) is 0.926. The quantitative estimate of drug-likeness (QED) is 0.809. The van der Waals surface area contributed by atoms with Crippen molar-refractivity contribution in [2.45, 2.75) is 35.1 Å². The Morgan fingerprint density at radius 1 is 1.15 bits per heavy atom. The molecule has 2 aliphatic heterocycles. The van der Waals surface area contributed by atoms with Crippen molar-refractivity contribution >= 4 is 45.0 Å². The Hall–Kier alpha value is -1.54. The van der Waals surface area contributed by atoms with Crippen molar-refractivity contribution in [3.05, 3.63) is 53.1 Å². The van der Waals surface area contributed by atoms with Crippen LogP contribution in [0.15, 0.2) is 52.3 Å². The van der Waals surface area contributed by atoms with Crippen molar-refractivity contribution in [3.63, 3.8) is 0 Å². The molecular weight excluding hydrogens is 404 g/mol. The normalized spacial score (nSPS) is 20.0. The van der Waals surface area contributed by atoms with E-state index in [0.717, 1.165) is 28.3 Å². The topological polar surface area (TPSA) is 66.5 Å². The molecule has 2 heterocycles. The third-order valence-corrected chi connectivity index (χ3v) is 7.69. The van der Waals surface area contributed by atoms with Gasteiger partial charge in [-0.15, -0.1) is 11.8 Å². The van der Waals surface area contributed by atoms with Gasteiger partial charge in [-0.3, -0.25) is 4.79 Å². The molecule has 27 heavy (non-hydrogen) atoms. The van der Waals surface area contributed by atoms with Crippen LogP contribution >= 0.6 is 23.4 Å². The van der Waals surface area contributed by atoms with Crippen LogP contribution in [0.25, 0.3) is 0 Å². The van der Waals surface area contributed by atoms with E-state index >= 15 is 0 Å². The van der Waals surface area contributed by atoms with Gasteiger partial charge in [0.15, 0.2) is 0 Å². The first kappa shape index (κ1) is 18.8. The van der Waals surface area contributed by atoms with Gasteiger partial charge in [0.2, 0.25) is 15.9 Å². The SMILES string of the molecule is O=C1CCCN1c1ccc(S(=O)(=O)N[C@@H]2CCSc3ccc(Cl)cc32)cc1. The molecule has 0 spiro atoms. The first-order chi connectivity index (χ1) is 12.9. The minimum absolute atomic E-state index is 0.0805. The minimum atomic E-state index is -3.68. The molecule has 1 fully saturated rings. The third kappa shape index (κ3) is 3.87. The first-order valence-electron chi connectivity index (χ1n) is 8.79. The fourth-order valence-corrected chi connectivity index (χ4v) is 6.01.